The Bertz CT molecular complexity index is 1040. The molecule has 1 heterocycles. The molecule has 148 valence electrons. The fraction of sp³-hybridized carbons (Fsp3) is 0.0952. The van der Waals surface area contributed by atoms with Crippen LogP contribution in [0.5, 0.6) is 0 Å². The number of para-hydroxylation sites is 1. The van der Waals surface area contributed by atoms with Gasteiger partial charge in [-0.2, -0.15) is 0 Å². The molecular weight excluding hydrogens is 383 g/mol. The number of amides is 2. The van der Waals surface area contributed by atoms with Crippen molar-refractivity contribution >= 4 is 17.5 Å². The van der Waals surface area contributed by atoms with Crippen LogP contribution in [-0.4, -0.2) is 23.3 Å². The van der Waals surface area contributed by atoms with Gasteiger partial charge in [-0.25, -0.2) is 13.2 Å². The third-order valence-corrected chi connectivity index (χ3v) is 4.10. The van der Waals surface area contributed by atoms with Crippen LogP contribution in [0.15, 0.2) is 60.9 Å². The predicted molar refractivity (Wildman–Crippen MR) is 101 cm³/mol. The molecule has 0 saturated carbocycles. The first kappa shape index (κ1) is 20.1. The van der Waals surface area contributed by atoms with E-state index in [9.17, 15) is 22.8 Å². The number of halogens is 3. The van der Waals surface area contributed by atoms with E-state index in [4.69, 9.17) is 0 Å². The van der Waals surface area contributed by atoms with Crippen molar-refractivity contribution in [1.29, 1.82) is 0 Å². The Labute approximate surface area is 164 Å². The summed E-state index contributed by atoms with van der Waals surface area (Å²) < 4.78 is 41.0. The normalized spacial score (nSPS) is 10.4. The Morgan fingerprint density at radius 2 is 1.45 bits per heavy atom. The number of nitrogens with zero attached hydrogens (tertiary/aromatic N) is 1. The van der Waals surface area contributed by atoms with Crippen molar-refractivity contribution in [3.63, 3.8) is 0 Å². The summed E-state index contributed by atoms with van der Waals surface area (Å²) in [5.74, 6) is -3.53. The molecule has 0 bridgehead atoms. The minimum Gasteiger partial charge on any atom is -0.352 e. The lowest BCUT2D eigenvalue weighted by molar-refractivity contribution is 0.0953. The second-order valence-corrected chi connectivity index (χ2v) is 6.11. The van der Waals surface area contributed by atoms with E-state index < -0.39 is 29.1 Å². The molecule has 2 amide bonds. The van der Waals surface area contributed by atoms with E-state index in [1.807, 2.05) is 0 Å². The maximum atomic E-state index is 13.7. The van der Waals surface area contributed by atoms with Crippen LogP contribution in [-0.2, 0) is 6.42 Å². The fourth-order valence-corrected chi connectivity index (χ4v) is 2.61. The number of carbonyl (C=O) groups excluding carboxylic acids is 2. The van der Waals surface area contributed by atoms with Gasteiger partial charge in [0, 0.05) is 18.9 Å². The number of benzene rings is 2. The second kappa shape index (κ2) is 9.01. The molecule has 2 N–H and O–H groups in total. The summed E-state index contributed by atoms with van der Waals surface area (Å²) in [5, 5.41) is 4.74. The van der Waals surface area contributed by atoms with Gasteiger partial charge in [0.05, 0.1) is 11.1 Å². The molecule has 0 aliphatic heterocycles. The van der Waals surface area contributed by atoms with E-state index >= 15 is 0 Å². The largest absolute Gasteiger partial charge is 0.352 e. The first-order valence-corrected chi connectivity index (χ1v) is 8.67. The summed E-state index contributed by atoms with van der Waals surface area (Å²) in [6.45, 7) is 0.177. The number of anilines is 1. The lowest BCUT2D eigenvalue weighted by atomic mass is 10.1. The van der Waals surface area contributed by atoms with Crippen molar-refractivity contribution in [2.75, 3.05) is 11.9 Å². The monoisotopic (exact) mass is 399 g/mol. The third kappa shape index (κ3) is 4.98. The quantitative estimate of drug-likeness (QED) is 0.664. The number of aromatic nitrogens is 1. The zero-order valence-electron chi connectivity index (χ0n) is 15.1. The Balaban J connectivity index is 1.64. The molecule has 3 rings (SSSR count). The van der Waals surface area contributed by atoms with Crippen LogP contribution < -0.4 is 10.6 Å². The number of rotatable bonds is 6. The summed E-state index contributed by atoms with van der Waals surface area (Å²) in [7, 11) is 0. The Hall–Kier alpha value is -3.68. The van der Waals surface area contributed by atoms with Gasteiger partial charge in [-0.3, -0.25) is 14.6 Å². The minimum absolute atomic E-state index is 0.0468. The average molecular weight is 399 g/mol. The van der Waals surface area contributed by atoms with Crippen LogP contribution >= 0.6 is 0 Å². The number of hydrogen-bond donors (Lipinski definition) is 2. The molecule has 0 radical (unpaired) electrons. The molecule has 0 spiro atoms. The molecule has 5 nitrogen and oxygen atoms in total. The van der Waals surface area contributed by atoms with E-state index in [0.29, 0.717) is 12.0 Å². The van der Waals surface area contributed by atoms with Crippen LogP contribution in [0.4, 0.5) is 18.9 Å². The standard InChI is InChI=1S/C21H16F3N3O2/c22-16-5-2-1-4-13(16)8-9-26-20(28)14-10-15(12-25-11-14)21(29)27-19-17(23)6-3-7-18(19)24/h1-7,10-12H,8-9H2,(H,26,28)(H,27,29). The van der Waals surface area contributed by atoms with Gasteiger partial charge in [0.15, 0.2) is 0 Å². The lowest BCUT2D eigenvalue weighted by Crippen LogP contribution is -2.26. The van der Waals surface area contributed by atoms with Crippen molar-refractivity contribution < 1.29 is 22.8 Å². The van der Waals surface area contributed by atoms with Gasteiger partial charge in [-0.1, -0.05) is 24.3 Å². The molecule has 0 fully saturated rings. The van der Waals surface area contributed by atoms with Gasteiger partial charge in [0.25, 0.3) is 11.8 Å². The molecule has 0 aliphatic rings. The minimum atomic E-state index is -0.923. The molecule has 0 unspecified atom stereocenters. The highest BCUT2D eigenvalue weighted by atomic mass is 19.1. The number of nitrogens with one attached hydrogen (secondary N) is 2. The van der Waals surface area contributed by atoms with Crippen LogP contribution in [0.1, 0.15) is 26.3 Å². The topological polar surface area (TPSA) is 71.1 Å². The van der Waals surface area contributed by atoms with E-state index in [1.165, 1.54) is 30.6 Å². The van der Waals surface area contributed by atoms with Gasteiger partial charge < -0.3 is 10.6 Å². The summed E-state index contributed by atoms with van der Waals surface area (Å²) in [5.41, 5.74) is -0.0854. The number of pyridine rings is 1. The predicted octanol–water partition coefficient (Wildman–Crippen LogP) is 3.72. The van der Waals surface area contributed by atoms with E-state index in [-0.39, 0.29) is 23.5 Å². The first-order chi connectivity index (χ1) is 14.0. The van der Waals surface area contributed by atoms with E-state index in [1.54, 1.807) is 18.2 Å². The highest BCUT2D eigenvalue weighted by Crippen LogP contribution is 2.19. The van der Waals surface area contributed by atoms with Crippen LogP contribution in [0.2, 0.25) is 0 Å². The van der Waals surface area contributed by atoms with Gasteiger partial charge in [0.1, 0.15) is 23.1 Å². The lowest BCUT2D eigenvalue weighted by Gasteiger charge is -2.09. The molecule has 0 aliphatic carbocycles. The maximum Gasteiger partial charge on any atom is 0.257 e. The molecule has 3 aromatic rings. The molecule has 2 aromatic carbocycles. The Kier molecular flexibility index (Phi) is 6.23. The Morgan fingerprint density at radius 3 is 2.14 bits per heavy atom. The Morgan fingerprint density at radius 1 is 0.828 bits per heavy atom. The molecule has 0 atom stereocenters. The fourth-order valence-electron chi connectivity index (χ4n) is 2.61. The molecular formula is C21H16F3N3O2. The van der Waals surface area contributed by atoms with Crippen LogP contribution in [0, 0.1) is 17.5 Å². The van der Waals surface area contributed by atoms with E-state index in [0.717, 1.165) is 12.1 Å². The van der Waals surface area contributed by atoms with Crippen molar-refractivity contribution in [3.8, 4) is 0 Å². The zero-order valence-corrected chi connectivity index (χ0v) is 15.1. The molecule has 29 heavy (non-hydrogen) atoms. The summed E-state index contributed by atoms with van der Waals surface area (Å²) in [6, 6.07) is 10.7. The number of hydrogen-bond acceptors (Lipinski definition) is 3. The number of carbonyl (C=O) groups is 2. The maximum absolute atomic E-state index is 13.7. The zero-order chi connectivity index (χ0) is 20.8. The van der Waals surface area contributed by atoms with Crippen molar-refractivity contribution in [2.24, 2.45) is 0 Å². The first-order valence-electron chi connectivity index (χ1n) is 8.67. The average Bonchev–Trinajstić information content (AvgIpc) is 2.72. The van der Waals surface area contributed by atoms with Crippen molar-refractivity contribution in [3.05, 3.63) is 95.1 Å². The molecule has 0 saturated heterocycles. The highest BCUT2D eigenvalue weighted by molar-refractivity contribution is 6.05. The second-order valence-electron chi connectivity index (χ2n) is 6.11. The SMILES string of the molecule is O=C(NCCc1ccccc1F)c1cncc(C(=O)Nc2c(F)cccc2F)c1. The summed E-state index contributed by atoms with van der Waals surface area (Å²) in [4.78, 5) is 28.4. The molecule has 1 aromatic heterocycles. The summed E-state index contributed by atoms with van der Waals surface area (Å²) in [6.07, 6.45) is 2.71. The molecule has 8 heteroatoms. The van der Waals surface area contributed by atoms with Gasteiger partial charge in [-0.15, -0.1) is 0 Å². The van der Waals surface area contributed by atoms with Crippen molar-refractivity contribution in [2.45, 2.75) is 6.42 Å². The van der Waals surface area contributed by atoms with Gasteiger partial charge in [0.2, 0.25) is 0 Å². The highest BCUT2D eigenvalue weighted by Gasteiger charge is 2.15. The van der Waals surface area contributed by atoms with Gasteiger partial charge in [-0.05, 0) is 36.2 Å². The summed E-state index contributed by atoms with van der Waals surface area (Å²) >= 11 is 0. The smallest absolute Gasteiger partial charge is 0.257 e. The van der Waals surface area contributed by atoms with Crippen LogP contribution in [0.3, 0.4) is 0 Å². The van der Waals surface area contributed by atoms with Gasteiger partial charge >= 0.3 is 0 Å². The van der Waals surface area contributed by atoms with Crippen LogP contribution in [0.25, 0.3) is 0 Å². The van der Waals surface area contributed by atoms with Crippen molar-refractivity contribution in [1.82, 2.24) is 10.3 Å². The van der Waals surface area contributed by atoms with E-state index in [2.05, 4.69) is 15.6 Å². The third-order valence-electron chi connectivity index (χ3n) is 4.10.